The molecule has 1 fully saturated rings. The molecule has 22 heavy (non-hydrogen) atoms. The van der Waals surface area contributed by atoms with Crippen LogP contribution in [0.25, 0.3) is 0 Å². The van der Waals surface area contributed by atoms with E-state index in [4.69, 9.17) is 4.74 Å². The van der Waals surface area contributed by atoms with Crippen LogP contribution < -0.4 is 4.74 Å². The first-order valence-electron chi connectivity index (χ1n) is 7.88. The summed E-state index contributed by atoms with van der Waals surface area (Å²) >= 11 is 0. The molecule has 0 atom stereocenters. The number of rotatable bonds is 5. The zero-order chi connectivity index (χ0) is 15.2. The molecule has 1 saturated heterocycles. The number of hydrogen-bond donors (Lipinski definition) is 0. The molecule has 0 bridgehead atoms. The zero-order valence-corrected chi connectivity index (χ0v) is 13.2. The van der Waals surface area contributed by atoms with Gasteiger partial charge in [0.05, 0.1) is 0 Å². The van der Waals surface area contributed by atoms with Gasteiger partial charge in [0.2, 0.25) is 0 Å². The lowest BCUT2D eigenvalue weighted by molar-refractivity contribution is 0.148. The van der Waals surface area contributed by atoms with Crippen LogP contribution in [-0.2, 0) is 13.2 Å². The first-order valence-corrected chi connectivity index (χ1v) is 7.88. The maximum Gasteiger partial charge on any atom is 0.127 e. The van der Waals surface area contributed by atoms with Crippen LogP contribution in [-0.4, -0.2) is 43.0 Å². The highest BCUT2D eigenvalue weighted by Crippen LogP contribution is 2.13. The second-order valence-electron chi connectivity index (χ2n) is 5.91. The SMILES string of the molecule is CN1CCN(Cc2ccc(COc3[c]cccc3)cc2)CC1. The lowest BCUT2D eigenvalue weighted by atomic mass is 10.1. The Hall–Kier alpha value is -1.84. The highest BCUT2D eigenvalue weighted by molar-refractivity contribution is 5.24. The van der Waals surface area contributed by atoms with Crippen LogP contribution in [0.5, 0.6) is 5.75 Å². The second-order valence-corrected chi connectivity index (χ2v) is 5.91. The van der Waals surface area contributed by atoms with Gasteiger partial charge in [-0.1, -0.05) is 42.5 Å². The summed E-state index contributed by atoms with van der Waals surface area (Å²) in [6, 6.07) is 19.5. The molecule has 1 aliphatic heterocycles. The van der Waals surface area contributed by atoms with Crippen molar-refractivity contribution < 1.29 is 4.74 Å². The minimum atomic E-state index is 0.593. The maximum atomic E-state index is 5.72. The van der Waals surface area contributed by atoms with E-state index in [1.165, 1.54) is 24.2 Å². The van der Waals surface area contributed by atoms with E-state index in [0.717, 1.165) is 25.4 Å². The zero-order valence-electron chi connectivity index (χ0n) is 13.2. The quantitative estimate of drug-likeness (QED) is 0.843. The highest BCUT2D eigenvalue weighted by Gasteiger charge is 2.13. The standard InChI is InChI=1S/C19H23N2O/c1-20-11-13-21(14-12-20)15-17-7-9-18(10-8-17)16-22-19-5-3-2-4-6-19/h2-5,7-10H,11-16H2,1H3. The van der Waals surface area contributed by atoms with E-state index in [2.05, 4.69) is 47.2 Å². The molecule has 0 unspecified atom stereocenters. The van der Waals surface area contributed by atoms with Crippen molar-refractivity contribution >= 4 is 0 Å². The smallest absolute Gasteiger partial charge is 0.127 e. The summed E-state index contributed by atoms with van der Waals surface area (Å²) in [6.45, 7) is 6.28. The molecule has 0 amide bonds. The number of para-hydroxylation sites is 1. The first-order chi connectivity index (χ1) is 10.8. The van der Waals surface area contributed by atoms with Crippen molar-refractivity contribution in [3.63, 3.8) is 0 Å². The van der Waals surface area contributed by atoms with E-state index in [9.17, 15) is 0 Å². The van der Waals surface area contributed by atoms with Gasteiger partial charge in [0.15, 0.2) is 0 Å². The second kappa shape index (κ2) is 7.43. The molecule has 3 rings (SSSR count). The normalized spacial score (nSPS) is 16.6. The van der Waals surface area contributed by atoms with Crippen LogP contribution in [0.3, 0.4) is 0 Å². The summed E-state index contributed by atoms with van der Waals surface area (Å²) in [5.74, 6) is 0.795. The minimum Gasteiger partial charge on any atom is -0.488 e. The van der Waals surface area contributed by atoms with E-state index in [1.54, 1.807) is 0 Å². The molecular weight excluding hydrogens is 272 g/mol. The Morgan fingerprint density at radius 2 is 1.68 bits per heavy atom. The van der Waals surface area contributed by atoms with Crippen LogP contribution in [0.4, 0.5) is 0 Å². The van der Waals surface area contributed by atoms with Gasteiger partial charge < -0.3 is 9.64 Å². The van der Waals surface area contributed by atoms with Gasteiger partial charge in [-0.15, -0.1) is 0 Å². The van der Waals surface area contributed by atoms with Crippen LogP contribution in [0.1, 0.15) is 11.1 Å². The van der Waals surface area contributed by atoms with Crippen LogP contribution in [0.2, 0.25) is 0 Å². The topological polar surface area (TPSA) is 15.7 Å². The fraction of sp³-hybridized carbons (Fsp3) is 0.368. The molecule has 3 heteroatoms. The van der Waals surface area contributed by atoms with Crippen molar-refractivity contribution in [1.29, 1.82) is 0 Å². The van der Waals surface area contributed by atoms with E-state index in [0.29, 0.717) is 6.61 Å². The molecule has 1 aliphatic rings. The third kappa shape index (κ3) is 4.33. The molecular formula is C19H23N2O. The Bertz CT molecular complexity index is 560. The van der Waals surface area contributed by atoms with Gasteiger partial charge in [-0.3, -0.25) is 4.90 Å². The number of likely N-dealkylation sites (N-methyl/N-ethyl adjacent to an activating group) is 1. The van der Waals surface area contributed by atoms with Gasteiger partial charge in [-0.05, 0) is 24.2 Å². The predicted octanol–water partition coefficient (Wildman–Crippen LogP) is 2.81. The van der Waals surface area contributed by atoms with E-state index in [1.807, 2.05) is 24.3 Å². The lowest BCUT2D eigenvalue weighted by Crippen LogP contribution is -2.43. The Morgan fingerprint density at radius 1 is 0.955 bits per heavy atom. The number of piperazine rings is 1. The molecule has 1 heterocycles. The fourth-order valence-electron chi connectivity index (χ4n) is 2.63. The van der Waals surface area contributed by atoms with Crippen molar-refractivity contribution in [1.82, 2.24) is 9.80 Å². The molecule has 0 aliphatic carbocycles. The fourth-order valence-corrected chi connectivity index (χ4v) is 2.63. The summed E-state index contributed by atoms with van der Waals surface area (Å²) in [5, 5.41) is 0. The average molecular weight is 295 g/mol. The molecule has 0 saturated carbocycles. The van der Waals surface area contributed by atoms with Crippen molar-refractivity contribution in [3.8, 4) is 5.75 Å². The summed E-state index contributed by atoms with van der Waals surface area (Å²) in [4.78, 5) is 4.90. The first kappa shape index (κ1) is 15.1. The van der Waals surface area contributed by atoms with Crippen molar-refractivity contribution in [2.75, 3.05) is 33.2 Å². The number of benzene rings is 2. The van der Waals surface area contributed by atoms with E-state index in [-0.39, 0.29) is 0 Å². The van der Waals surface area contributed by atoms with Crippen LogP contribution in [0.15, 0.2) is 48.5 Å². The molecule has 0 N–H and O–H groups in total. The van der Waals surface area contributed by atoms with E-state index >= 15 is 0 Å². The number of nitrogens with zero attached hydrogens (tertiary/aromatic N) is 2. The van der Waals surface area contributed by atoms with Gasteiger partial charge >= 0.3 is 0 Å². The Morgan fingerprint density at radius 3 is 2.36 bits per heavy atom. The predicted molar refractivity (Wildman–Crippen MR) is 88.8 cm³/mol. The van der Waals surface area contributed by atoms with Gasteiger partial charge in [-0.2, -0.15) is 0 Å². The van der Waals surface area contributed by atoms with E-state index < -0.39 is 0 Å². The molecule has 0 spiro atoms. The Kier molecular flexibility index (Phi) is 5.09. The molecule has 3 nitrogen and oxygen atoms in total. The lowest BCUT2D eigenvalue weighted by Gasteiger charge is -2.32. The Balaban J connectivity index is 1.50. The minimum absolute atomic E-state index is 0.593. The third-order valence-electron chi connectivity index (χ3n) is 4.10. The van der Waals surface area contributed by atoms with Crippen LogP contribution in [0, 0.1) is 6.07 Å². The van der Waals surface area contributed by atoms with Crippen LogP contribution >= 0.6 is 0 Å². The summed E-state index contributed by atoms with van der Waals surface area (Å²) in [6.07, 6.45) is 0. The Labute approximate surface area is 133 Å². The van der Waals surface area contributed by atoms with Crippen molar-refractivity contribution in [2.45, 2.75) is 13.2 Å². The van der Waals surface area contributed by atoms with Gasteiger partial charge in [0, 0.05) is 38.8 Å². The van der Waals surface area contributed by atoms with Gasteiger partial charge in [-0.25, -0.2) is 0 Å². The average Bonchev–Trinajstić information content (AvgIpc) is 2.57. The summed E-state index contributed by atoms with van der Waals surface area (Å²) < 4.78 is 5.72. The summed E-state index contributed by atoms with van der Waals surface area (Å²) in [5.41, 5.74) is 2.57. The van der Waals surface area contributed by atoms with Gasteiger partial charge in [0.25, 0.3) is 0 Å². The van der Waals surface area contributed by atoms with Crippen molar-refractivity contribution in [2.24, 2.45) is 0 Å². The van der Waals surface area contributed by atoms with Crippen molar-refractivity contribution in [3.05, 3.63) is 65.7 Å². The molecule has 115 valence electrons. The maximum absolute atomic E-state index is 5.72. The largest absolute Gasteiger partial charge is 0.488 e. The molecule has 2 aromatic carbocycles. The monoisotopic (exact) mass is 295 g/mol. The molecule has 0 aromatic heterocycles. The number of hydrogen-bond acceptors (Lipinski definition) is 3. The summed E-state index contributed by atoms with van der Waals surface area (Å²) in [7, 11) is 2.19. The third-order valence-corrected chi connectivity index (χ3v) is 4.10. The highest BCUT2D eigenvalue weighted by atomic mass is 16.5. The number of ether oxygens (including phenoxy) is 1. The van der Waals surface area contributed by atoms with Gasteiger partial charge in [0.1, 0.15) is 12.4 Å². The molecule has 1 radical (unpaired) electrons. The molecule has 2 aromatic rings.